The van der Waals surface area contributed by atoms with Crippen molar-refractivity contribution in [2.45, 2.75) is 82.1 Å². The van der Waals surface area contributed by atoms with Crippen molar-refractivity contribution in [2.75, 3.05) is 102 Å². The number of hydrogen-bond acceptors (Lipinski definition) is 9. The van der Waals surface area contributed by atoms with E-state index in [9.17, 15) is 9.59 Å². The summed E-state index contributed by atoms with van der Waals surface area (Å²) in [7, 11) is 0. The molecule has 15 heteroatoms. The third-order valence-corrected chi connectivity index (χ3v) is 16.7. The average Bonchev–Trinajstić information content (AvgIpc) is 3.85. The van der Waals surface area contributed by atoms with E-state index in [-0.39, 0.29) is 30.1 Å². The Morgan fingerprint density at radius 2 is 1.52 bits per heavy atom. The Balaban J connectivity index is 0.731. The molecule has 2 amide bonds. The molecule has 6 aliphatic rings. The number of nitrogens with zero attached hydrogens (tertiary/aromatic N) is 9. The van der Waals surface area contributed by atoms with Crippen LogP contribution >= 0.6 is 0 Å². The van der Waals surface area contributed by atoms with Crippen LogP contribution in [0.1, 0.15) is 75.5 Å². The zero-order valence-corrected chi connectivity index (χ0v) is 41.3. The molecule has 3 unspecified atom stereocenters. The van der Waals surface area contributed by atoms with Gasteiger partial charge in [0.25, 0.3) is 0 Å². The van der Waals surface area contributed by atoms with Crippen molar-refractivity contribution < 1.29 is 28.1 Å². The van der Waals surface area contributed by atoms with Gasteiger partial charge in [0.05, 0.1) is 36.3 Å². The topological polar surface area (TPSA) is 106 Å². The fourth-order valence-corrected chi connectivity index (χ4v) is 12.0. The van der Waals surface area contributed by atoms with Crippen LogP contribution in [0, 0.1) is 5.92 Å². The first-order chi connectivity index (χ1) is 34.7. The molecule has 5 aliphatic heterocycles. The van der Waals surface area contributed by atoms with Crippen molar-refractivity contribution in [3.63, 3.8) is 0 Å². The standard InChI is InChI=1S/C56H68FN10O4/c1-3-39(2)64-20-4-6-43(33-64)40-7-9-41(10-8-40)44-30-52-49(15-19-59-65(52)34-44)60-22-26-62(27-23-60)54(68)48-32-51(48)66-21-16-50(61-24-28-63(29-25-61)55(69)71-47-36-70-37-47)53-31-45(35-67(53)66)42-11-13-46(14-12-42)56(57)17-5-18-58-38-56/h7-16,19,21,30-31,34-35,39,43,47-48,51,58H,3-6,17-18,20,22-29,32-33,36-38H2,1-2H3/q+1/t39?,43-,48?,51?,56-/m1/s1. The molecule has 5 saturated heterocycles. The highest BCUT2D eigenvalue weighted by Gasteiger charge is 2.54. The van der Waals surface area contributed by atoms with Gasteiger partial charge in [0.2, 0.25) is 5.91 Å². The van der Waals surface area contributed by atoms with Gasteiger partial charge in [-0.15, -0.1) is 9.20 Å². The second kappa shape index (κ2) is 19.2. The molecule has 6 aromatic rings. The maximum Gasteiger partial charge on any atom is 0.410 e. The van der Waals surface area contributed by atoms with Crippen molar-refractivity contribution >= 4 is 34.4 Å². The lowest BCUT2D eigenvalue weighted by Gasteiger charge is -2.37. The normalized spacial score (nSPS) is 24.9. The predicted octanol–water partition coefficient (Wildman–Crippen LogP) is 7.30. The maximum absolute atomic E-state index is 15.9. The summed E-state index contributed by atoms with van der Waals surface area (Å²) in [6.07, 6.45) is 13.7. The summed E-state index contributed by atoms with van der Waals surface area (Å²) in [4.78, 5) is 38.5. The number of carbonyl (C=O) groups excluding carboxylic acids is 2. The van der Waals surface area contributed by atoms with Crippen LogP contribution in [0.2, 0.25) is 0 Å². The number of nitrogens with one attached hydrogen (secondary N) is 1. The number of hydrogen-bond donors (Lipinski definition) is 1. The number of piperidine rings is 2. The molecule has 1 saturated carbocycles. The van der Waals surface area contributed by atoms with E-state index in [4.69, 9.17) is 14.6 Å². The number of fused-ring (bicyclic) bond motifs is 2. The number of alkyl halides is 1. The molecule has 2 aromatic carbocycles. The minimum absolute atomic E-state index is 0.0159. The van der Waals surface area contributed by atoms with E-state index < -0.39 is 5.67 Å². The summed E-state index contributed by atoms with van der Waals surface area (Å²) >= 11 is 0. The van der Waals surface area contributed by atoms with Crippen LogP contribution in [0.25, 0.3) is 33.3 Å². The summed E-state index contributed by atoms with van der Waals surface area (Å²) in [5, 5.41) is 7.94. The van der Waals surface area contributed by atoms with Gasteiger partial charge in [-0.05, 0) is 98.5 Å². The van der Waals surface area contributed by atoms with Crippen LogP contribution in [0.15, 0.2) is 97.6 Å². The molecule has 1 N–H and O–H groups in total. The van der Waals surface area contributed by atoms with Gasteiger partial charge in [-0.3, -0.25) is 4.79 Å². The van der Waals surface area contributed by atoms with Crippen LogP contribution < -0.4 is 19.8 Å². The Morgan fingerprint density at radius 1 is 0.831 bits per heavy atom. The lowest BCUT2D eigenvalue weighted by Crippen LogP contribution is -2.51. The van der Waals surface area contributed by atoms with Crippen LogP contribution in [0.5, 0.6) is 0 Å². The Bertz CT molecular complexity index is 2880. The Morgan fingerprint density at radius 3 is 2.21 bits per heavy atom. The van der Waals surface area contributed by atoms with Crippen molar-refractivity contribution in [3.8, 4) is 22.3 Å². The number of benzene rings is 2. The lowest BCUT2D eigenvalue weighted by molar-refractivity contribution is -0.768. The summed E-state index contributed by atoms with van der Waals surface area (Å²) in [5.41, 5.74) is 9.49. The monoisotopic (exact) mass is 964 g/mol. The van der Waals surface area contributed by atoms with Crippen molar-refractivity contribution in [3.05, 3.63) is 109 Å². The third kappa shape index (κ3) is 9.03. The van der Waals surface area contributed by atoms with E-state index >= 15 is 4.39 Å². The first kappa shape index (κ1) is 46.1. The highest BCUT2D eigenvalue weighted by atomic mass is 19.1. The largest absolute Gasteiger partial charge is 0.441 e. The minimum Gasteiger partial charge on any atom is -0.441 e. The summed E-state index contributed by atoms with van der Waals surface area (Å²) < 4.78 is 33.2. The number of likely N-dealkylation sites (tertiary alicyclic amines) is 1. The molecule has 1 aliphatic carbocycles. The number of rotatable bonds is 11. The molecule has 12 rings (SSSR count). The maximum atomic E-state index is 15.9. The van der Waals surface area contributed by atoms with Gasteiger partial charge in [0.1, 0.15) is 17.1 Å². The summed E-state index contributed by atoms with van der Waals surface area (Å²) in [5.74, 6) is 0.679. The SMILES string of the molecule is CCC(C)N1CCC[C@@H](c2ccc(-c3cc4c(N5CCN(C(=O)C6CC6[n+]6ccc(N7CCN(C(=O)OC8COC8)CC7)c7cc(-c8ccc([C@@]9(F)CCCNC9)cc8)cn76)CC5)ccnn4c3)cc2)C1. The van der Waals surface area contributed by atoms with E-state index in [2.05, 4.69) is 115 Å². The summed E-state index contributed by atoms with van der Waals surface area (Å²) in [6, 6.07) is 26.6. The number of aromatic nitrogens is 4. The number of ether oxygens (including phenoxy) is 2. The molecule has 9 heterocycles. The Hall–Kier alpha value is -6.03. The van der Waals surface area contributed by atoms with E-state index in [1.807, 2.05) is 35.0 Å². The quantitative estimate of drug-likeness (QED) is 0.134. The minimum atomic E-state index is -1.37. The molecule has 0 bridgehead atoms. The van der Waals surface area contributed by atoms with Crippen LogP contribution in [0.4, 0.5) is 20.6 Å². The van der Waals surface area contributed by atoms with Crippen molar-refractivity contribution in [1.82, 2.24) is 34.1 Å². The van der Waals surface area contributed by atoms with E-state index in [0.29, 0.717) is 83.0 Å². The van der Waals surface area contributed by atoms with Gasteiger partial charge in [0.15, 0.2) is 18.3 Å². The molecule has 5 atom stereocenters. The molecule has 0 spiro atoms. The zero-order chi connectivity index (χ0) is 48.2. The van der Waals surface area contributed by atoms with Crippen LogP contribution in [-0.4, -0.2) is 145 Å². The molecule has 14 nitrogen and oxygen atoms in total. The van der Waals surface area contributed by atoms with Gasteiger partial charge >= 0.3 is 6.09 Å². The number of halogens is 1. The first-order valence-corrected chi connectivity index (χ1v) is 26.4. The van der Waals surface area contributed by atoms with Gasteiger partial charge < -0.3 is 39.3 Å². The number of amides is 2. The van der Waals surface area contributed by atoms with E-state index in [1.165, 1.54) is 36.9 Å². The second-order valence-electron chi connectivity index (χ2n) is 21.1. The van der Waals surface area contributed by atoms with E-state index in [1.54, 1.807) is 4.90 Å². The fourth-order valence-electron chi connectivity index (χ4n) is 12.0. The van der Waals surface area contributed by atoms with E-state index in [0.717, 1.165) is 78.1 Å². The molecular weight excluding hydrogens is 896 g/mol. The Labute approximate surface area is 415 Å². The summed E-state index contributed by atoms with van der Waals surface area (Å²) in [6.45, 7) is 14.4. The average molecular weight is 964 g/mol. The number of carbonyl (C=O) groups is 2. The van der Waals surface area contributed by atoms with Crippen molar-refractivity contribution in [2.24, 2.45) is 5.92 Å². The molecule has 6 fully saturated rings. The number of anilines is 2. The molecule has 0 radical (unpaired) electrons. The van der Waals surface area contributed by atoms with Crippen LogP contribution in [-0.2, 0) is 19.9 Å². The second-order valence-corrected chi connectivity index (χ2v) is 21.1. The Kier molecular flexibility index (Phi) is 12.5. The molecule has 71 heavy (non-hydrogen) atoms. The zero-order valence-electron chi connectivity index (χ0n) is 41.3. The molecule has 372 valence electrons. The first-order valence-electron chi connectivity index (χ1n) is 26.4. The molecule has 4 aromatic heterocycles. The van der Waals surface area contributed by atoms with Crippen LogP contribution in [0.3, 0.4) is 0 Å². The predicted molar refractivity (Wildman–Crippen MR) is 273 cm³/mol. The number of piperazine rings is 2. The highest BCUT2D eigenvalue weighted by Crippen LogP contribution is 2.42. The van der Waals surface area contributed by atoms with Crippen molar-refractivity contribution in [1.29, 1.82) is 0 Å². The van der Waals surface area contributed by atoms with Gasteiger partial charge in [-0.25, -0.2) is 13.7 Å². The fraction of sp³-hybridized carbons (Fsp3) is 0.500. The van der Waals surface area contributed by atoms with Gasteiger partial charge in [-0.1, -0.05) is 55.5 Å². The lowest BCUT2D eigenvalue weighted by atomic mass is 9.87. The van der Waals surface area contributed by atoms with Gasteiger partial charge in [-0.2, -0.15) is 5.10 Å². The smallest absolute Gasteiger partial charge is 0.410 e. The third-order valence-electron chi connectivity index (χ3n) is 16.7. The van der Waals surface area contributed by atoms with Gasteiger partial charge in [0, 0.05) is 107 Å². The highest BCUT2D eigenvalue weighted by molar-refractivity contribution is 5.84. The molecular formula is C56H68FN10O4+.